The van der Waals surface area contributed by atoms with Crippen molar-refractivity contribution < 1.29 is 23.5 Å². The summed E-state index contributed by atoms with van der Waals surface area (Å²) >= 11 is 0. The van der Waals surface area contributed by atoms with Crippen LogP contribution in [-0.2, 0) is 20.9 Å². The fourth-order valence-corrected chi connectivity index (χ4v) is 4.93. The van der Waals surface area contributed by atoms with E-state index in [1.165, 1.54) is 19.6 Å². The van der Waals surface area contributed by atoms with Crippen LogP contribution in [0.25, 0.3) is 11.0 Å². The maximum Gasteiger partial charge on any atom is 0.336 e. The highest BCUT2D eigenvalue weighted by Crippen LogP contribution is 2.36. The van der Waals surface area contributed by atoms with Gasteiger partial charge < -0.3 is 18.8 Å². The Morgan fingerprint density at radius 2 is 2.00 bits per heavy atom. The molecule has 1 aliphatic heterocycles. The zero-order valence-electron chi connectivity index (χ0n) is 18.3. The molecule has 4 atom stereocenters. The van der Waals surface area contributed by atoms with Crippen LogP contribution < -0.4 is 10.4 Å². The van der Waals surface area contributed by atoms with Crippen molar-refractivity contribution >= 4 is 22.8 Å². The minimum atomic E-state index is -0.519. The van der Waals surface area contributed by atoms with E-state index in [0.717, 1.165) is 12.8 Å². The highest BCUT2D eigenvalue weighted by Gasteiger charge is 2.42. The number of methoxy groups -OCH3 is 1. The number of nitrogens with zero attached hydrogens (tertiary/aromatic N) is 1. The molecule has 7 heteroatoms. The third-order valence-electron chi connectivity index (χ3n) is 6.96. The van der Waals surface area contributed by atoms with Crippen molar-refractivity contribution in [2.24, 2.45) is 17.8 Å². The van der Waals surface area contributed by atoms with Crippen LogP contribution in [0.3, 0.4) is 0 Å². The van der Waals surface area contributed by atoms with Gasteiger partial charge in [-0.05, 0) is 30.4 Å². The quantitative estimate of drug-likeness (QED) is 0.536. The molecule has 1 saturated carbocycles. The van der Waals surface area contributed by atoms with E-state index in [-0.39, 0.29) is 25.0 Å². The number of hydrogen-bond donors (Lipinski definition) is 0. The lowest BCUT2D eigenvalue weighted by Crippen LogP contribution is -2.45. The van der Waals surface area contributed by atoms with Crippen LogP contribution in [-0.4, -0.2) is 36.5 Å². The zero-order chi connectivity index (χ0) is 22.1. The molecular formula is C24H29NO6. The third kappa shape index (κ3) is 4.31. The average Bonchev–Trinajstić information content (AvgIpc) is 3.14. The molecule has 2 aliphatic rings. The van der Waals surface area contributed by atoms with E-state index in [9.17, 15) is 14.4 Å². The monoisotopic (exact) mass is 427 g/mol. The highest BCUT2D eigenvalue weighted by molar-refractivity contribution is 5.87. The molecule has 166 valence electrons. The molecule has 0 bridgehead atoms. The van der Waals surface area contributed by atoms with Crippen molar-refractivity contribution in [2.45, 2.75) is 52.2 Å². The summed E-state index contributed by atoms with van der Waals surface area (Å²) in [7, 11) is 1.53. The van der Waals surface area contributed by atoms with Crippen molar-refractivity contribution in [3.63, 3.8) is 0 Å². The molecule has 2 aromatic rings. The lowest BCUT2D eigenvalue weighted by Gasteiger charge is -2.39. The summed E-state index contributed by atoms with van der Waals surface area (Å²) < 4.78 is 15.9. The van der Waals surface area contributed by atoms with Crippen molar-refractivity contribution in [3.05, 3.63) is 40.2 Å². The van der Waals surface area contributed by atoms with Crippen LogP contribution in [0, 0.1) is 17.8 Å². The first-order chi connectivity index (χ1) is 14.9. The van der Waals surface area contributed by atoms with Gasteiger partial charge in [-0.2, -0.15) is 0 Å². The van der Waals surface area contributed by atoms with Gasteiger partial charge in [0.25, 0.3) is 0 Å². The molecule has 31 heavy (non-hydrogen) atoms. The Kier molecular flexibility index (Phi) is 6.03. The summed E-state index contributed by atoms with van der Waals surface area (Å²) in [5.74, 6) is 0.741. The molecule has 2 fully saturated rings. The summed E-state index contributed by atoms with van der Waals surface area (Å²) in [5.41, 5.74) is 0.424. The van der Waals surface area contributed by atoms with E-state index in [1.807, 2.05) is 4.90 Å². The molecule has 1 aromatic carbocycles. The largest absolute Gasteiger partial charge is 0.497 e. The van der Waals surface area contributed by atoms with Gasteiger partial charge >= 0.3 is 11.6 Å². The number of fused-ring (bicyclic) bond motifs is 1. The lowest BCUT2D eigenvalue weighted by atomic mass is 9.77. The molecule has 1 aromatic heterocycles. The molecule has 0 unspecified atom stereocenters. The fourth-order valence-electron chi connectivity index (χ4n) is 4.93. The van der Waals surface area contributed by atoms with Gasteiger partial charge in [0.05, 0.1) is 13.0 Å². The summed E-state index contributed by atoms with van der Waals surface area (Å²) in [6.07, 6.45) is 3.49. The fraction of sp³-hybridized carbons (Fsp3) is 0.542. The van der Waals surface area contributed by atoms with Gasteiger partial charge in [-0.1, -0.05) is 26.7 Å². The molecular weight excluding hydrogens is 398 g/mol. The van der Waals surface area contributed by atoms with Crippen LogP contribution in [0.5, 0.6) is 5.75 Å². The Morgan fingerprint density at radius 3 is 2.77 bits per heavy atom. The maximum atomic E-state index is 12.7. The van der Waals surface area contributed by atoms with Gasteiger partial charge in [0.2, 0.25) is 5.91 Å². The number of esters is 1. The average molecular weight is 427 g/mol. The van der Waals surface area contributed by atoms with Gasteiger partial charge in [-0.15, -0.1) is 0 Å². The predicted molar refractivity (Wildman–Crippen MR) is 115 cm³/mol. The number of carbonyl (C=O) groups excluding carboxylic acids is 2. The highest BCUT2D eigenvalue weighted by atomic mass is 16.5. The van der Waals surface area contributed by atoms with E-state index in [0.29, 0.717) is 40.7 Å². The van der Waals surface area contributed by atoms with E-state index in [2.05, 4.69) is 13.8 Å². The molecule has 1 saturated heterocycles. The van der Waals surface area contributed by atoms with E-state index >= 15 is 0 Å². The second-order valence-electron chi connectivity index (χ2n) is 8.84. The first-order valence-electron chi connectivity index (χ1n) is 10.9. The molecule has 1 amide bonds. The normalized spacial score (nSPS) is 26.3. The minimum Gasteiger partial charge on any atom is -0.497 e. The van der Waals surface area contributed by atoms with Gasteiger partial charge in [-0.3, -0.25) is 9.59 Å². The van der Waals surface area contributed by atoms with Gasteiger partial charge in [-0.25, -0.2) is 4.79 Å². The second kappa shape index (κ2) is 8.73. The van der Waals surface area contributed by atoms with Crippen LogP contribution in [0.15, 0.2) is 33.5 Å². The number of rotatable bonds is 5. The smallest absolute Gasteiger partial charge is 0.336 e. The zero-order valence-corrected chi connectivity index (χ0v) is 18.3. The van der Waals surface area contributed by atoms with Crippen molar-refractivity contribution in [3.8, 4) is 5.75 Å². The molecule has 2 heterocycles. The Bertz CT molecular complexity index is 1040. The summed E-state index contributed by atoms with van der Waals surface area (Å²) in [4.78, 5) is 39.2. The Labute approximate surface area is 181 Å². The van der Waals surface area contributed by atoms with E-state index in [1.54, 1.807) is 18.2 Å². The predicted octanol–water partition coefficient (Wildman–Crippen LogP) is 3.52. The Hall–Kier alpha value is -2.83. The molecule has 7 nitrogen and oxygen atoms in total. The van der Waals surface area contributed by atoms with Crippen molar-refractivity contribution in [1.29, 1.82) is 0 Å². The third-order valence-corrected chi connectivity index (χ3v) is 6.96. The van der Waals surface area contributed by atoms with Gasteiger partial charge in [0, 0.05) is 42.1 Å². The lowest BCUT2D eigenvalue weighted by molar-refractivity contribution is -0.149. The Morgan fingerprint density at radius 1 is 1.19 bits per heavy atom. The van der Waals surface area contributed by atoms with Crippen LogP contribution >= 0.6 is 0 Å². The summed E-state index contributed by atoms with van der Waals surface area (Å²) in [6, 6.07) is 6.69. The van der Waals surface area contributed by atoms with Gasteiger partial charge in [0.1, 0.15) is 17.9 Å². The van der Waals surface area contributed by atoms with Crippen molar-refractivity contribution in [1.82, 2.24) is 4.90 Å². The number of amides is 1. The number of hydrogen-bond acceptors (Lipinski definition) is 6. The van der Waals surface area contributed by atoms with Crippen molar-refractivity contribution in [2.75, 3.05) is 13.7 Å². The Balaban J connectivity index is 1.44. The van der Waals surface area contributed by atoms with Gasteiger partial charge in [0.15, 0.2) is 0 Å². The molecule has 4 rings (SSSR count). The number of ether oxygens (including phenoxy) is 2. The molecule has 0 N–H and O–H groups in total. The van der Waals surface area contributed by atoms with E-state index in [4.69, 9.17) is 13.9 Å². The summed E-state index contributed by atoms with van der Waals surface area (Å²) in [5, 5.41) is 0.683. The van der Waals surface area contributed by atoms with Crippen LogP contribution in [0.1, 0.15) is 45.1 Å². The SMILES string of the molecule is COc1ccc2c(COC(=O)[C@@H]3CC(=O)N([C@@H]4CCC[C@@H](C)[C@H]4C)C3)cc(=O)oc2c1. The number of benzene rings is 1. The molecule has 1 aliphatic carbocycles. The molecule has 0 spiro atoms. The second-order valence-corrected chi connectivity index (χ2v) is 8.84. The first-order valence-corrected chi connectivity index (χ1v) is 10.9. The minimum absolute atomic E-state index is 0.0331. The standard InChI is InChI=1S/C24H29NO6/c1-14-5-4-6-20(15(14)2)25-12-16(9-22(25)26)24(28)30-13-17-10-23(27)31-21-11-18(29-3)7-8-19(17)21/h7-8,10-11,14-16,20H,4-6,9,12-13H2,1-3H3/t14-,15-,16-,20-/m1/s1. The first kappa shape index (κ1) is 21.4. The molecule has 0 radical (unpaired) electrons. The topological polar surface area (TPSA) is 86.0 Å². The number of carbonyl (C=O) groups is 2. The maximum absolute atomic E-state index is 12.7. The van der Waals surface area contributed by atoms with Crippen LogP contribution in [0.4, 0.5) is 0 Å². The van der Waals surface area contributed by atoms with E-state index < -0.39 is 17.5 Å². The number of likely N-dealkylation sites (tertiary alicyclic amines) is 1. The van der Waals surface area contributed by atoms with Crippen LogP contribution in [0.2, 0.25) is 0 Å². The summed E-state index contributed by atoms with van der Waals surface area (Å²) in [6.45, 7) is 4.80.